The molecule has 0 radical (unpaired) electrons. The topological polar surface area (TPSA) is 101 Å². The molecule has 5 rings (SSSR count). The molecule has 232 valence electrons. The molecule has 0 spiro atoms. The minimum atomic E-state index is -3.73. The quantitative estimate of drug-likeness (QED) is 0.186. The molecule has 8 nitrogen and oxygen atoms in total. The third kappa shape index (κ3) is 8.26. The number of nitrogens with one attached hydrogen (secondary N) is 4. The molecular formula is C32H36Cl2N4O4S2+2. The summed E-state index contributed by atoms with van der Waals surface area (Å²) in [5, 5.41) is 0.949. The predicted molar refractivity (Wildman–Crippen MR) is 173 cm³/mol. The van der Waals surface area contributed by atoms with Crippen LogP contribution in [0.3, 0.4) is 0 Å². The van der Waals surface area contributed by atoms with Gasteiger partial charge >= 0.3 is 0 Å². The van der Waals surface area contributed by atoms with Crippen molar-refractivity contribution >= 4 is 43.2 Å². The SMILES string of the molecule is O=S(=O)(NC[C@H](c1ccccc1)[NH+]1CC[NH+]([C@@H](CNS(=O)(=O)c2ccc(Cl)cc2)c2ccccc2)CC1)c1ccc(Cl)cc1. The van der Waals surface area contributed by atoms with Gasteiger partial charge in [0.05, 0.1) is 22.9 Å². The van der Waals surface area contributed by atoms with Gasteiger partial charge in [0.25, 0.3) is 0 Å². The summed E-state index contributed by atoms with van der Waals surface area (Å²) in [6, 6.07) is 32.0. The summed E-state index contributed by atoms with van der Waals surface area (Å²) in [5.74, 6) is 0. The molecule has 1 aliphatic rings. The molecule has 0 saturated carbocycles. The van der Waals surface area contributed by atoms with Crippen LogP contribution in [0.25, 0.3) is 0 Å². The average molecular weight is 676 g/mol. The van der Waals surface area contributed by atoms with Crippen molar-refractivity contribution in [1.82, 2.24) is 9.44 Å². The Balaban J connectivity index is 1.30. The van der Waals surface area contributed by atoms with E-state index in [0.29, 0.717) is 10.0 Å². The van der Waals surface area contributed by atoms with E-state index in [0.717, 1.165) is 37.3 Å². The van der Waals surface area contributed by atoms with Gasteiger partial charge < -0.3 is 9.80 Å². The highest BCUT2D eigenvalue weighted by Gasteiger charge is 2.36. The minimum absolute atomic E-state index is 0.0987. The number of sulfonamides is 2. The summed E-state index contributed by atoms with van der Waals surface area (Å²) < 4.78 is 58.1. The zero-order chi connectivity index (χ0) is 31.2. The lowest BCUT2D eigenvalue weighted by atomic mass is 10.0. The molecule has 1 fully saturated rings. The summed E-state index contributed by atoms with van der Waals surface area (Å²) in [6.45, 7) is 3.61. The second-order valence-electron chi connectivity index (χ2n) is 10.9. The summed E-state index contributed by atoms with van der Waals surface area (Å²) in [6.07, 6.45) is 0. The van der Waals surface area contributed by atoms with Gasteiger partial charge in [0.15, 0.2) is 0 Å². The second kappa shape index (κ2) is 14.5. The molecular weight excluding hydrogens is 639 g/mol. The van der Waals surface area contributed by atoms with Crippen LogP contribution in [0.15, 0.2) is 119 Å². The molecule has 0 unspecified atom stereocenters. The fraction of sp³-hybridized carbons (Fsp3) is 0.250. The van der Waals surface area contributed by atoms with E-state index in [9.17, 15) is 16.8 Å². The van der Waals surface area contributed by atoms with Gasteiger partial charge in [-0.2, -0.15) is 0 Å². The summed E-state index contributed by atoms with van der Waals surface area (Å²) in [5.41, 5.74) is 2.11. The van der Waals surface area contributed by atoms with Crippen molar-refractivity contribution in [2.75, 3.05) is 39.3 Å². The summed E-state index contributed by atoms with van der Waals surface area (Å²) in [4.78, 5) is 2.88. The fourth-order valence-corrected chi connectivity index (χ4v) is 8.08. The fourth-order valence-electron chi connectivity index (χ4n) is 5.74. The molecule has 2 atom stereocenters. The Labute approximate surface area is 269 Å². The maximum absolute atomic E-state index is 13.1. The molecule has 1 aliphatic heterocycles. The molecule has 1 saturated heterocycles. The van der Waals surface area contributed by atoms with Crippen LogP contribution < -0.4 is 19.2 Å². The van der Waals surface area contributed by atoms with Crippen molar-refractivity contribution in [3.8, 4) is 0 Å². The highest BCUT2D eigenvalue weighted by molar-refractivity contribution is 7.89. The van der Waals surface area contributed by atoms with Gasteiger partial charge in [-0.1, -0.05) is 83.9 Å². The molecule has 1 heterocycles. The number of quaternary nitrogens is 2. The van der Waals surface area contributed by atoms with Crippen molar-refractivity contribution in [3.05, 3.63) is 130 Å². The van der Waals surface area contributed by atoms with Gasteiger partial charge in [-0.3, -0.25) is 0 Å². The van der Waals surface area contributed by atoms with Crippen LogP contribution in [0.1, 0.15) is 23.2 Å². The van der Waals surface area contributed by atoms with Crippen LogP contribution in [0.2, 0.25) is 10.0 Å². The Hall–Kier alpha value is -2.80. The predicted octanol–water partition coefficient (Wildman–Crippen LogP) is 2.52. The van der Waals surface area contributed by atoms with Crippen LogP contribution in [0.5, 0.6) is 0 Å². The van der Waals surface area contributed by atoms with Crippen molar-refractivity contribution in [1.29, 1.82) is 0 Å². The maximum Gasteiger partial charge on any atom is 0.240 e. The molecule has 0 amide bonds. The van der Waals surface area contributed by atoms with Crippen molar-refractivity contribution in [2.45, 2.75) is 21.9 Å². The van der Waals surface area contributed by atoms with E-state index in [2.05, 4.69) is 9.44 Å². The lowest BCUT2D eigenvalue weighted by Crippen LogP contribution is -3.28. The van der Waals surface area contributed by atoms with Crippen LogP contribution in [-0.4, -0.2) is 56.1 Å². The first kappa shape index (κ1) is 32.6. The lowest BCUT2D eigenvalue weighted by molar-refractivity contribution is -1.04. The molecule has 12 heteroatoms. The summed E-state index contributed by atoms with van der Waals surface area (Å²) >= 11 is 11.9. The Morgan fingerprint density at radius 1 is 0.523 bits per heavy atom. The minimum Gasteiger partial charge on any atom is -0.318 e. The molecule has 4 N–H and O–H groups in total. The van der Waals surface area contributed by atoms with E-state index in [4.69, 9.17) is 23.2 Å². The monoisotopic (exact) mass is 674 g/mol. The van der Waals surface area contributed by atoms with Gasteiger partial charge in [0.1, 0.15) is 38.3 Å². The van der Waals surface area contributed by atoms with E-state index in [-0.39, 0.29) is 35.0 Å². The normalized spacial score (nSPS) is 18.9. The first-order valence-electron chi connectivity index (χ1n) is 14.4. The molecule has 0 aliphatic carbocycles. The van der Waals surface area contributed by atoms with Gasteiger partial charge in [-0.15, -0.1) is 0 Å². The number of halogens is 2. The Kier molecular flexibility index (Phi) is 10.8. The van der Waals surface area contributed by atoms with E-state index >= 15 is 0 Å². The third-order valence-electron chi connectivity index (χ3n) is 8.13. The first-order valence-corrected chi connectivity index (χ1v) is 18.1. The largest absolute Gasteiger partial charge is 0.318 e. The van der Waals surface area contributed by atoms with Crippen LogP contribution >= 0.6 is 23.2 Å². The first-order chi connectivity index (χ1) is 21.1. The molecule has 4 aromatic carbocycles. The van der Waals surface area contributed by atoms with Crippen molar-refractivity contribution < 1.29 is 26.6 Å². The Morgan fingerprint density at radius 3 is 1.16 bits per heavy atom. The average Bonchev–Trinajstić information content (AvgIpc) is 3.03. The number of benzene rings is 4. The third-order valence-corrected chi connectivity index (χ3v) is 11.5. The van der Waals surface area contributed by atoms with E-state index in [1.54, 1.807) is 24.3 Å². The standard InChI is InChI=1S/C32H34Cl2N4O4S2/c33-27-11-15-29(16-12-27)43(39,40)35-23-31(25-7-3-1-4-8-25)37-19-21-38(22-20-37)32(26-9-5-2-6-10-26)24-36-44(41,42)30-17-13-28(34)14-18-30/h1-18,31-32,35-36H,19-24H2/p+2/t31-,32+. The zero-order valence-corrected chi connectivity index (χ0v) is 27.1. The Morgan fingerprint density at radius 2 is 0.841 bits per heavy atom. The zero-order valence-electron chi connectivity index (χ0n) is 24.0. The van der Waals surface area contributed by atoms with E-state index in [1.807, 2.05) is 60.7 Å². The molecule has 44 heavy (non-hydrogen) atoms. The Bertz CT molecular complexity index is 1590. The second-order valence-corrected chi connectivity index (χ2v) is 15.3. The molecule has 4 aromatic rings. The van der Waals surface area contributed by atoms with Gasteiger partial charge in [-0.25, -0.2) is 26.3 Å². The lowest BCUT2D eigenvalue weighted by Gasteiger charge is -2.38. The smallest absolute Gasteiger partial charge is 0.240 e. The highest BCUT2D eigenvalue weighted by atomic mass is 35.5. The van der Waals surface area contributed by atoms with Gasteiger partial charge in [0.2, 0.25) is 20.0 Å². The van der Waals surface area contributed by atoms with Crippen LogP contribution in [0.4, 0.5) is 0 Å². The molecule has 0 bridgehead atoms. The maximum atomic E-state index is 13.1. The van der Waals surface area contributed by atoms with Crippen LogP contribution in [-0.2, 0) is 20.0 Å². The number of hydrogen-bond donors (Lipinski definition) is 4. The van der Waals surface area contributed by atoms with Crippen molar-refractivity contribution in [2.24, 2.45) is 0 Å². The number of hydrogen-bond acceptors (Lipinski definition) is 4. The number of piperazine rings is 1. The highest BCUT2D eigenvalue weighted by Crippen LogP contribution is 2.17. The number of rotatable bonds is 12. The van der Waals surface area contributed by atoms with Gasteiger partial charge in [0, 0.05) is 21.2 Å². The van der Waals surface area contributed by atoms with E-state index in [1.165, 1.54) is 34.1 Å². The van der Waals surface area contributed by atoms with Gasteiger partial charge in [-0.05, 0) is 48.5 Å². The molecule has 0 aromatic heterocycles. The summed E-state index contributed by atoms with van der Waals surface area (Å²) in [7, 11) is -7.45. The van der Waals surface area contributed by atoms with E-state index < -0.39 is 20.0 Å². The van der Waals surface area contributed by atoms with Crippen molar-refractivity contribution in [3.63, 3.8) is 0 Å². The van der Waals surface area contributed by atoms with Crippen LogP contribution in [0, 0.1) is 0 Å².